The first-order chi connectivity index (χ1) is 16.3. The molecule has 3 aromatic rings. The highest BCUT2D eigenvalue weighted by Gasteiger charge is 2.28. The van der Waals surface area contributed by atoms with Gasteiger partial charge in [-0.1, -0.05) is 17.7 Å². The number of benzene rings is 2. The van der Waals surface area contributed by atoms with Crippen molar-refractivity contribution < 1.29 is 32.2 Å². The lowest BCUT2D eigenvalue weighted by molar-refractivity contribution is -0.00155. The number of carbonyl (C=O) groups excluding carboxylic acids is 1. The summed E-state index contributed by atoms with van der Waals surface area (Å²) in [5.74, 6) is -2.36. The van der Waals surface area contributed by atoms with Gasteiger partial charge in [-0.3, -0.25) is 9.36 Å². The Morgan fingerprint density at radius 2 is 1.97 bits per heavy atom. The Morgan fingerprint density at radius 1 is 1.29 bits per heavy atom. The molecule has 0 aliphatic carbocycles. The summed E-state index contributed by atoms with van der Waals surface area (Å²) in [6.45, 7) is 1.24. The average Bonchev–Trinajstić information content (AvgIpc) is 3.09. The summed E-state index contributed by atoms with van der Waals surface area (Å²) < 4.78 is 60.7. The molecule has 2 aromatic carbocycles. The smallest absolute Gasteiger partial charge is 0.350 e. The molecule has 0 saturated heterocycles. The summed E-state index contributed by atoms with van der Waals surface area (Å²) >= 11 is 5.92. The van der Waals surface area contributed by atoms with Gasteiger partial charge in [0.1, 0.15) is 23.8 Å². The predicted molar refractivity (Wildman–Crippen MR) is 120 cm³/mol. The molecule has 0 spiro atoms. The summed E-state index contributed by atoms with van der Waals surface area (Å²) in [6, 6.07) is 7.08. The number of nitrogens with one attached hydrogen (secondary N) is 1. The number of carbonyl (C=O) groups is 1. The van der Waals surface area contributed by atoms with Crippen molar-refractivity contribution in [3.8, 4) is 11.4 Å². The highest BCUT2D eigenvalue weighted by Crippen LogP contribution is 2.29. The van der Waals surface area contributed by atoms with E-state index in [-0.39, 0.29) is 27.8 Å². The number of rotatable bonds is 8. The molecule has 0 fully saturated rings. The molecule has 1 amide bonds. The number of para-hydroxylation sites is 1. The molecule has 0 aliphatic rings. The van der Waals surface area contributed by atoms with E-state index in [0.29, 0.717) is 0 Å². The van der Waals surface area contributed by atoms with E-state index in [1.54, 1.807) is 0 Å². The van der Waals surface area contributed by atoms with Crippen molar-refractivity contribution in [1.29, 1.82) is 0 Å². The fourth-order valence-electron chi connectivity index (χ4n) is 3.18. The maximum Gasteiger partial charge on any atom is 0.350 e. The Bertz CT molecular complexity index is 1280. The molecule has 13 heteroatoms. The lowest BCUT2D eigenvalue weighted by atomic mass is 10.1. The number of aliphatic hydroxyl groups is 1. The van der Waals surface area contributed by atoms with Crippen LogP contribution in [0.25, 0.3) is 5.69 Å². The quantitative estimate of drug-likeness (QED) is 0.444. The molecule has 0 unspecified atom stereocenters. The van der Waals surface area contributed by atoms with Crippen molar-refractivity contribution in [2.75, 3.05) is 12.0 Å². The van der Waals surface area contributed by atoms with Crippen LogP contribution in [-0.4, -0.2) is 44.6 Å². The SMILES string of the molecule is Cn1c(C(C)(C)O)nn(-c2ccc(C(=O)Nc3c(F)cccc3Cl)c(O[C@@H](CF)C(F)F)c2)c1=O. The first-order valence-electron chi connectivity index (χ1n) is 10.1. The van der Waals surface area contributed by atoms with E-state index < -0.39 is 48.0 Å². The zero-order valence-electron chi connectivity index (χ0n) is 18.7. The van der Waals surface area contributed by atoms with Crippen molar-refractivity contribution in [3.63, 3.8) is 0 Å². The van der Waals surface area contributed by atoms with Crippen molar-refractivity contribution in [3.05, 3.63) is 69.1 Å². The predicted octanol–water partition coefficient (Wildman–Crippen LogP) is 3.83. The number of alkyl halides is 3. The lowest BCUT2D eigenvalue weighted by Crippen LogP contribution is -2.29. The van der Waals surface area contributed by atoms with Gasteiger partial charge in [0, 0.05) is 13.1 Å². The number of amides is 1. The third-order valence-electron chi connectivity index (χ3n) is 4.89. The molecule has 1 atom stereocenters. The molecule has 1 aromatic heterocycles. The summed E-state index contributed by atoms with van der Waals surface area (Å²) in [7, 11) is 1.37. The highest BCUT2D eigenvalue weighted by molar-refractivity contribution is 6.34. The number of aromatic nitrogens is 3. The van der Waals surface area contributed by atoms with E-state index in [0.717, 1.165) is 27.4 Å². The van der Waals surface area contributed by atoms with Crippen LogP contribution in [0.2, 0.25) is 5.02 Å². The van der Waals surface area contributed by atoms with Crippen LogP contribution < -0.4 is 15.7 Å². The van der Waals surface area contributed by atoms with Gasteiger partial charge >= 0.3 is 5.69 Å². The molecule has 0 saturated carbocycles. The fraction of sp³-hybridized carbons (Fsp3) is 0.318. The van der Waals surface area contributed by atoms with E-state index in [2.05, 4.69) is 10.4 Å². The minimum absolute atomic E-state index is 0.00445. The second kappa shape index (κ2) is 10.1. The Kier molecular flexibility index (Phi) is 7.56. The topological polar surface area (TPSA) is 98.4 Å². The zero-order valence-corrected chi connectivity index (χ0v) is 19.5. The van der Waals surface area contributed by atoms with Gasteiger partial charge in [-0.25, -0.2) is 22.4 Å². The molecule has 1 heterocycles. The molecule has 0 radical (unpaired) electrons. The molecular weight excluding hydrogens is 496 g/mol. The molecule has 3 rings (SSSR count). The minimum atomic E-state index is -3.24. The summed E-state index contributed by atoms with van der Waals surface area (Å²) in [4.78, 5) is 25.5. The van der Waals surface area contributed by atoms with Gasteiger partial charge in [-0.15, -0.1) is 5.10 Å². The molecule has 0 aliphatic heterocycles. The summed E-state index contributed by atoms with van der Waals surface area (Å²) in [5.41, 5.74) is -2.94. The van der Waals surface area contributed by atoms with Crippen molar-refractivity contribution in [1.82, 2.24) is 14.3 Å². The van der Waals surface area contributed by atoms with Gasteiger partial charge in [0.05, 0.1) is 22.0 Å². The number of hydrogen-bond donors (Lipinski definition) is 2. The number of anilines is 1. The second-order valence-electron chi connectivity index (χ2n) is 8.01. The van der Waals surface area contributed by atoms with E-state index in [1.807, 2.05) is 0 Å². The molecule has 8 nitrogen and oxygen atoms in total. The van der Waals surface area contributed by atoms with Crippen LogP contribution in [0.1, 0.15) is 30.0 Å². The van der Waals surface area contributed by atoms with Crippen LogP contribution in [0, 0.1) is 5.82 Å². The fourth-order valence-corrected chi connectivity index (χ4v) is 3.39. The molecular formula is C22H21ClF4N4O4. The van der Waals surface area contributed by atoms with Gasteiger partial charge in [-0.05, 0) is 38.1 Å². The Labute approximate surface area is 201 Å². The highest BCUT2D eigenvalue weighted by atomic mass is 35.5. The van der Waals surface area contributed by atoms with Gasteiger partial charge in [0.25, 0.3) is 12.3 Å². The summed E-state index contributed by atoms with van der Waals surface area (Å²) in [5, 5.41) is 16.4. The Morgan fingerprint density at radius 3 is 2.51 bits per heavy atom. The monoisotopic (exact) mass is 516 g/mol. The normalized spacial score (nSPS) is 12.6. The first kappa shape index (κ1) is 26.2. The van der Waals surface area contributed by atoms with Crippen molar-refractivity contribution in [2.24, 2.45) is 7.05 Å². The molecule has 0 bridgehead atoms. The van der Waals surface area contributed by atoms with Crippen LogP contribution in [0.15, 0.2) is 41.2 Å². The first-order valence-corrected chi connectivity index (χ1v) is 10.5. The van der Waals surface area contributed by atoms with Gasteiger partial charge in [0.2, 0.25) is 0 Å². The van der Waals surface area contributed by atoms with Gasteiger partial charge < -0.3 is 15.2 Å². The average molecular weight is 517 g/mol. The van der Waals surface area contributed by atoms with Gasteiger partial charge in [-0.2, -0.15) is 4.68 Å². The number of nitrogens with zero attached hydrogens (tertiary/aromatic N) is 3. The number of hydrogen-bond acceptors (Lipinski definition) is 5. The number of halogens is 5. The van der Waals surface area contributed by atoms with Crippen molar-refractivity contribution in [2.45, 2.75) is 32.0 Å². The van der Waals surface area contributed by atoms with Gasteiger partial charge in [0.15, 0.2) is 11.9 Å². The van der Waals surface area contributed by atoms with Crippen LogP contribution in [-0.2, 0) is 12.6 Å². The minimum Gasteiger partial charge on any atom is -0.481 e. The number of ether oxygens (including phenoxy) is 1. The van der Waals surface area contributed by atoms with Crippen LogP contribution in [0.4, 0.5) is 23.2 Å². The third-order valence-corrected chi connectivity index (χ3v) is 5.21. The van der Waals surface area contributed by atoms with Crippen LogP contribution >= 0.6 is 11.6 Å². The van der Waals surface area contributed by atoms with E-state index in [9.17, 15) is 32.3 Å². The largest absolute Gasteiger partial charge is 0.481 e. The third kappa shape index (κ3) is 5.49. The Balaban J connectivity index is 2.10. The maximum atomic E-state index is 14.1. The maximum absolute atomic E-state index is 14.1. The van der Waals surface area contributed by atoms with Crippen LogP contribution in [0.3, 0.4) is 0 Å². The zero-order chi connectivity index (χ0) is 26.1. The lowest BCUT2D eigenvalue weighted by Gasteiger charge is -2.19. The molecule has 2 N–H and O–H groups in total. The van der Waals surface area contributed by atoms with Crippen LogP contribution in [0.5, 0.6) is 5.75 Å². The van der Waals surface area contributed by atoms with E-state index >= 15 is 0 Å². The summed E-state index contributed by atoms with van der Waals surface area (Å²) in [6.07, 6.45) is -5.46. The van der Waals surface area contributed by atoms with E-state index in [4.69, 9.17) is 16.3 Å². The van der Waals surface area contributed by atoms with Crippen molar-refractivity contribution >= 4 is 23.2 Å². The molecule has 35 heavy (non-hydrogen) atoms. The van der Waals surface area contributed by atoms with E-state index in [1.165, 1.54) is 39.1 Å². The molecule has 188 valence electrons. The second-order valence-corrected chi connectivity index (χ2v) is 8.42. The standard InChI is InChI=1S/C22H21ClF4N4O4/c1-22(2,34)20-29-31(21(33)30(20)3)11-7-8-12(15(9-11)35-16(10-24)18(26)27)19(32)28-17-13(23)5-4-6-14(17)25/h4-9,16,18,34H,10H2,1-3H3,(H,28,32)/t16-/m0/s1. The Hall–Kier alpha value is -3.38.